The number of primary sulfonamides is 1. The normalized spacial score (nSPS) is 11.8. The van der Waals surface area contributed by atoms with Gasteiger partial charge in [0, 0.05) is 5.39 Å². The molecule has 0 saturated heterocycles. The molecule has 0 amide bonds. The number of hydrogen-bond donors (Lipinski definition) is 2. The Hall–Kier alpha value is -1.59. The fourth-order valence-electron chi connectivity index (χ4n) is 1.41. The number of nitrogens with two attached hydrogens (primary N) is 1. The topological polar surface area (TPSA) is 80.4 Å². The third-order valence-electron chi connectivity index (χ3n) is 2.16. The molecular formula is C10H9NO3S. The Morgan fingerprint density at radius 1 is 1.13 bits per heavy atom. The molecule has 2 rings (SSSR count). The van der Waals surface area contributed by atoms with E-state index < -0.39 is 10.0 Å². The van der Waals surface area contributed by atoms with Gasteiger partial charge in [0.15, 0.2) is 0 Å². The summed E-state index contributed by atoms with van der Waals surface area (Å²) in [5, 5.41) is 15.8. The molecule has 78 valence electrons. The molecule has 0 heterocycles. The van der Waals surface area contributed by atoms with Gasteiger partial charge in [0.05, 0.1) is 4.90 Å². The van der Waals surface area contributed by atoms with Gasteiger partial charge in [0.1, 0.15) is 5.75 Å². The van der Waals surface area contributed by atoms with E-state index in [0.29, 0.717) is 5.39 Å². The highest BCUT2D eigenvalue weighted by molar-refractivity contribution is 7.89. The maximum absolute atomic E-state index is 11.1. The van der Waals surface area contributed by atoms with Crippen molar-refractivity contribution in [2.24, 2.45) is 5.14 Å². The van der Waals surface area contributed by atoms with Gasteiger partial charge in [-0.05, 0) is 23.6 Å². The maximum atomic E-state index is 11.1. The van der Waals surface area contributed by atoms with Crippen LogP contribution in [0.15, 0.2) is 41.3 Å². The third-order valence-corrected chi connectivity index (χ3v) is 3.07. The van der Waals surface area contributed by atoms with Crippen molar-refractivity contribution in [3.05, 3.63) is 36.4 Å². The first-order valence-electron chi connectivity index (χ1n) is 4.23. The fourth-order valence-corrected chi connectivity index (χ4v) is 1.95. The average Bonchev–Trinajstić information content (AvgIpc) is 2.16. The second-order valence-electron chi connectivity index (χ2n) is 3.21. The predicted octanol–water partition coefficient (Wildman–Crippen LogP) is 1.19. The monoisotopic (exact) mass is 223 g/mol. The predicted molar refractivity (Wildman–Crippen MR) is 57.0 cm³/mol. The number of aromatic hydroxyl groups is 1. The van der Waals surface area contributed by atoms with E-state index in [1.165, 1.54) is 18.2 Å². The van der Waals surface area contributed by atoms with Crippen LogP contribution in [-0.4, -0.2) is 13.5 Å². The molecule has 0 bridgehead atoms. The summed E-state index contributed by atoms with van der Waals surface area (Å²) in [6.07, 6.45) is 0. The Kier molecular flexibility index (Phi) is 2.13. The molecule has 0 saturated carbocycles. The van der Waals surface area contributed by atoms with Crippen molar-refractivity contribution in [3.8, 4) is 5.75 Å². The molecule has 0 atom stereocenters. The van der Waals surface area contributed by atoms with E-state index in [1.54, 1.807) is 18.2 Å². The van der Waals surface area contributed by atoms with E-state index in [9.17, 15) is 13.5 Å². The van der Waals surface area contributed by atoms with E-state index in [0.717, 1.165) is 5.39 Å². The zero-order chi connectivity index (χ0) is 11.1. The Morgan fingerprint density at radius 2 is 1.87 bits per heavy atom. The molecule has 3 N–H and O–H groups in total. The van der Waals surface area contributed by atoms with Crippen LogP contribution in [0.5, 0.6) is 5.75 Å². The smallest absolute Gasteiger partial charge is 0.238 e. The number of phenolic OH excluding ortho intramolecular Hbond substituents is 1. The molecule has 2 aromatic rings. The van der Waals surface area contributed by atoms with Crippen molar-refractivity contribution in [1.82, 2.24) is 0 Å². The summed E-state index contributed by atoms with van der Waals surface area (Å²) >= 11 is 0. The summed E-state index contributed by atoms with van der Waals surface area (Å²) < 4.78 is 22.2. The van der Waals surface area contributed by atoms with Gasteiger partial charge in [-0.1, -0.05) is 18.2 Å². The maximum Gasteiger partial charge on any atom is 0.238 e. The highest BCUT2D eigenvalue weighted by atomic mass is 32.2. The van der Waals surface area contributed by atoms with Crippen LogP contribution in [0.2, 0.25) is 0 Å². The van der Waals surface area contributed by atoms with Crippen LogP contribution >= 0.6 is 0 Å². The quantitative estimate of drug-likeness (QED) is 0.762. The van der Waals surface area contributed by atoms with Crippen LogP contribution < -0.4 is 5.14 Å². The van der Waals surface area contributed by atoms with E-state index >= 15 is 0 Å². The van der Waals surface area contributed by atoms with Gasteiger partial charge in [-0.25, -0.2) is 13.6 Å². The summed E-state index contributed by atoms with van der Waals surface area (Å²) in [4.78, 5) is -0.00324. The summed E-state index contributed by atoms with van der Waals surface area (Å²) in [7, 11) is -3.72. The molecule has 0 radical (unpaired) electrons. The van der Waals surface area contributed by atoms with Crippen molar-refractivity contribution in [2.45, 2.75) is 4.90 Å². The zero-order valence-corrected chi connectivity index (χ0v) is 8.53. The number of sulfonamides is 1. The standard InChI is InChI=1S/C10H9NO3S/c11-15(13,14)8-5-4-7-2-1-3-10(12)9(7)6-8/h1-6,12H,(H2,11,13,14). The molecule has 15 heavy (non-hydrogen) atoms. The van der Waals surface area contributed by atoms with Crippen LogP contribution in [-0.2, 0) is 10.0 Å². The van der Waals surface area contributed by atoms with Gasteiger partial charge in [0.2, 0.25) is 10.0 Å². The first kappa shape index (κ1) is 9.95. The van der Waals surface area contributed by atoms with Gasteiger partial charge >= 0.3 is 0 Å². The minimum absolute atomic E-state index is 0.00324. The Balaban J connectivity index is 2.81. The van der Waals surface area contributed by atoms with Gasteiger partial charge in [-0.15, -0.1) is 0 Å². The molecule has 0 spiro atoms. The van der Waals surface area contributed by atoms with E-state index in [2.05, 4.69) is 0 Å². The van der Waals surface area contributed by atoms with Gasteiger partial charge in [-0.3, -0.25) is 0 Å². The molecule has 0 aliphatic heterocycles. The average molecular weight is 223 g/mol. The molecule has 5 heteroatoms. The van der Waals surface area contributed by atoms with Crippen molar-refractivity contribution in [2.75, 3.05) is 0 Å². The van der Waals surface area contributed by atoms with Gasteiger partial charge in [0.25, 0.3) is 0 Å². The minimum atomic E-state index is -3.72. The molecule has 4 nitrogen and oxygen atoms in total. The highest BCUT2D eigenvalue weighted by Crippen LogP contribution is 2.26. The lowest BCUT2D eigenvalue weighted by Gasteiger charge is -2.03. The first-order valence-corrected chi connectivity index (χ1v) is 5.78. The summed E-state index contributed by atoms with van der Waals surface area (Å²) in [5.74, 6) is 0.0398. The summed E-state index contributed by atoms with van der Waals surface area (Å²) in [6, 6.07) is 9.34. The molecule has 0 unspecified atom stereocenters. The second-order valence-corrected chi connectivity index (χ2v) is 4.77. The molecule has 0 aliphatic carbocycles. The Morgan fingerprint density at radius 3 is 2.53 bits per heavy atom. The van der Waals surface area contributed by atoms with Crippen LogP contribution in [0.25, 0.3) is 10.8 Å². The van der Waals surface area contributed by atoms with Crippen molar-refractivity contribution < 1.29 is 13.5 Å². The van der Waals surface area contributed by atoms with Crippen molar-refractivity contribution in [3.63, 3.8) is 0 Å². The number of hydrogen-bond acceptors (Lipinski definition) is 3. The van der Waals surface area contributed by atoms with Crippen LogP contribution in [0, 0.1) is 0 Å². The number of benzene rings is 2. The van der Waals surface area contributed by atoms with Gasteiger partial charge in [-0.2, -0.15) is 0 Å². The first-order chi connectivity index (χ1) is 6.98. The number of fused-ring (bicyclic) bond motifs is 1. The second kappa shape index (κ2) is 3.22. The van der Waals surface area contributed by atoms with Crippen LogP contribution in [0.4, 0.5) is 0 Å². The number of phenols is 1. The van der Waals surface area contributed by atoms with Crippen LogP contribution in [0.1, 0.15) is 0 Å². The third kappa shape index (κ3) is 1.79. The van der Waals surface area contributed by atoms with E-state index in [1.807, 2.05) is 0 Å². The Bertz CT molecular complexity index is 620. The molecule has 0 fully saturated rings. The number of rotatable bonds is 1. The largest absolute Gasteiger partial charge is 0.507 e. The lowest BCUT2D eigenvalue weighted by molar-refractivity contribution is 0.481. The fraction of sp³-hybridized carbons (Fsp3) is 0. The highest BCUT2D eigenvalue weighted by Gasteiger charge is 2.09. The van der Waals surface area contributed by atoms with E-state index in [4.69, 9.17) is 5.14 Å². The molecule has 0 aliphatic rings. The zero-order valence-electron chi connectivity index (χ0n) is 7.71. The van der Waals surface area contributed by atoms with Crippen molar-refractivity contribution >= 4 is 20.8 Å². The molecular weight excluding hydrogens is 214 g/mol. The van der Waals surface area contributed by atoms with Gasteiger partial charge < -0.3 is 5.11 Å². The summed E-state index contributed by atoms with van der Waals surface area (Å²) in [5.41, 5.74) is 0. The lowest BCUT2D eigenvalue weighted by Crippen LogP contribution is -2.11. The SMILES string of the molecule is NS(=O)(=O)c1ccc2cccc(O)c2c1. The molecule has 2 aromatic carbocycles. The lowest BCUT2D eigenvalue weighted by atomic mass is 10.1. The Labute approximate surface area is 87.0 Å². The molecule has 0 aromatic heterocycles. The van der Waals surface area contributed by atoms with Crippen LogP contribution in [0.3, 0.4) is 0 Å². The minimum Gasteiger partial charge on any atom is -0.507 e. The summed E-state index contributed by atoms with van der Waals surface area (Å²) in [6.45, 7) is 0. The van der Waals surface area contributed by atoms with Crippen molar-refractivity contribution in [1.29, 1.82) is 0 Å². The van der Waals surface area contributed by atoms with E-state index in [-0.39, 0.29) is 10.6 Å².